The van der Waals surface area contributed by atoms with Gasteiger partial charge in [0.1, 0.15) is 12.3 Å². The Morgan fingerprint density at radius 2 is 1.88 bits per heavy atom. The molecule has 1 aromatic rings. The van der Waals surface area contributed by atoms with E-state index in [-0.39, 0.29) is 12.8 Å². The summed E-state index contributed by atoms with van der Waals surface area (Å²) < 4.78 is 0. The summed E-state index contributed by atoms with van der Waals surface area (Å²) in [6, 6.07) is 4.59. The third kappa shape index (κ3) is 6.42. The Kier molecular flexibility index (Phi) is 9.59. The van der Waals surface area contributed by atoms with Crippen molar-refractivity contribution in [3.05, 3.63) is 29.3 Å². The van der Waals surface area contributed by atoms with Crippen molar-refractivity contribution in [1.29, 1.82) is 0 Å². The summed E-state index contributed by atoms with van der Waals surface area (Å²) in [6.07, 6.45) is 3.73. The number of hydrogen-bond donors (Lipinski definition) is 2. The van der Waals surface area contributed by atoms with Gasteiger partial charge in [-0.1, -0.05) is 0 Å². The molecule has 3 amide bonds. The first-order valence-electron chi connectivity index (χ1n) is 12.2. The summed E-state index contributed by atoms with van der Waals surface area (Å²) in [5, 5.41) is 5.90. The standard InChI is InChI=1S/C25H37N5O4/c1-19-16-21(29-13-11-28(12-14-29)17-20-7-9-27-10-8-20)5-6-22(19)25(34)30(18-32)23(4-3-15-31)24(33)26-2/h5-6,15-16,18,20,23,27H,3-4,7-14,17H2,1-2H3,(H,26,33). The molecule has 0 saturated carbocycles. The zero-order valence-corrected chi connectivity index (χ0v) is 20.3. The summed E-state index contributed by atoms with van der Waals surface area (Å²) in [5.41, 5.74) is 2.18. The van der Waals surface area contributed by atoms with Gasteiger partial charge in [-0.25, -0.2) is 0 Å². The van der Waals surface area contributed by atoms with Crippen LogP contribution >= 0.6 is 0 Å². The molecule has 1 unspecified atom stereocenters. The molecule has 2 fully saturated rings. The van der Waals surface area contributed by atoms with E-state index in [0.29, 0.717) is 18.3 Å². The second kappa shape index (κ2) is 12.6. The van der Waals surface area contributed by atoms with E-state index in [9.17, 15) is 19.2 Å². The molecule has 2 saturated heterocycles. The van der Waals surface area contributed by atoms with Gasteiger partial charge in [-0.3, -0.25) is 24.2 Å². The Bertz CT molecular complexity index is 863. The van der Waals surface area contributed by atoms with E-state index in [4.69, 9.17) is 0 Å². The fourth-order valence-electron chi connectivity index (χ4n) is 4.89. The number of anilines is 1. The summed E-state index contributed by atoms with van der Waals surface area (Å²) in [5.74, 6) is -0.226. The van der Waals surface area contributed by atoms with Crippen LogP contribution in [-0.2, 0) is 14.4 Å². The Hall–Kier alpha value is -2.78. The molecule has 1 aromatic carbocycles. The SMILES string of the molecule is CNC(=O)C(CCC=O)N(C=O)C(=O)c1ccc(N2CCN(CC3CCNCC3)CC2)cc1C. The molecule has 2 heterocycles. The van der Waals surface area contributed by atoms with Gasteiger partial charge in [0.25, 0.3) is 5.91 Å². The highest BCUT2D eigenvalue weighted by Crippen LogP contribution is 2.23. The van der Waals surface area contributed by atoms with E-state index in [1.54, 1.807) is 6.07 Å². The topological polar surface area (TPSA) is 102 Å². The Morgan fingerprint density at radius 3 is 2.47 bits per heavy atom. The summed E-state index contributed by atoms with van der Waals surface area (Å²) in [7, 11) is 1.44. The van der Waals surface area contributed by atoms with Crippen LogP contribution in [-0.4, -0.2) is 93.2 Å². The number of aldehydes is 1. The quantitative estimate of drug-likeness (QED) is 0.487. The molecule has 2 aliphatic heterocycles. The van der Waals surface area contributed by atoms with Crippen LogP contribution < -0.4 is 15.5 Å². The van der Waals surface area contributed by atoms with Crippen LogP contribution in [0.4, 0.5) is 5.69 Å². The van der Waals surface area contributed by atoms with Gasteiger partial charge in [-0.15, -0.1) is 0 Å². The average Bonchev–Trinajstić information content (AvgIpc) is 2.86. The molecule has 186 valence electrons. The van der Waals surface area contributed by atoms with E-state index in [1.807, 2.05) is 19.1 Å². The van der Waals surface area contributed by atoms with Gasteiger partial charge in [0.15, 0.2) is 0 Å². The molecule has 2 N–H and O–H groups in total. The van der Waals surface area contributed by atoms with Crippen molar-refractivity contribution >= 4 is 30.2 Å². The number of nitrogens with zero attached hydrogens (tertiary/aromatic N) is 3. The highest BCUT2D eigenvalue weighted by molar-refractivity contribution is 6.04. The van der Waals surface area contributed by atoms with Crippen LogP contribution in [0.5, 0.6) is 0 Å². The molecule has 0 aliphatic carbocycles. The molecular weight excluding hydrogens is 434 g/mol. The second-order valence-electron chi connectivity index (χ2n) is 9.17. The van der Waals surface area contributed by atoms with Crippen molar-refractivity contribution in [2.45, 2.75) is 38.6 Å². The van der Waals surface area contributed by atoms with Gasteiger partial charge in [0.05, 0.1) is 0 Å². The van der Waals surface area contributed by atoms with Crippen molar-refractivity contribution in [3.8, 4) is 0 Å². The Morgan fingerprint density at radius 1 is 1.18 bits per heavy atom. The molecule has 3 rings (SSSR count). The van der Waals surface area contributed by atoms with Crippen molar-refractivity contribution < 1.29 is 19.2 Å². The molecule has 9 heteroatoms. The van der Waals surface area contributed by atoms with Crippen molar-refractivity contribution in [2.75, 3.05) is 57.8 Å². The van der Waals surface area contributed by atoms with Crippen LogP contribution in [0.3, 0.4) is 0 Å². The molecule has 0 aromatic heterocycles. The first-order chi connectivity index (χ1) is 16.5. The van der Waals surface area contributed by atoms with Gasteiger partial charge in [-0.05, 0) is 69.0 Å². The number of piperazine rings is 1. The van der Waals surface area contributed by atoms with Crippen molar-refractivity contribution in [2.24, 2.45) is 5.92 Å². The van der Waals surface area contributed by atoms with E-state index in [1.165, 1.54) is 26.4 Å². The normalized spacial score (nSPS) is 18.2. The minimum Gasteiger partial charge on any atom is -0.369 e. The second-order valence-corrected chi connectivity index (χ2v) is 9.17. The molecule has 0 spiro atoms. The van der Waals surface area contributed by atoms with Crippen molar-refractivity contribution in [1.82, 2.24) is 20.4 Å². The number of likely N-dealkylation sites (N-methyl/N-ethyl adjacent to an activating group) is 1. The average molecular weight is 472 g/mol. The zero-order valence-electron chi connectivity index (χ0n) is 20.3. The number of aryl methyl sites for hydroxylation is 1. The number of benzene rings is 1. The van der Waals surface area contributed by atoms with Gasteiger partial charge >= 0.3 is 0 Å². The highest BCUT2D eigenvalue weighted by atomic mass is 16.2. The van der Waals surface area contributed by atoms with E-state index in [2.05, 4.69) is 20.4 Å². The van der Waals surface area contributed by atoms with E-state index >= 15 is 0 Å². The number of imide groups is 1. The predicted molar refractivity (Wildman–Crippen MR) is 131 cm³/mol. The maximum atomic E-state index is 13.1. The fourth-order valence-corrected chi connectivity index (χ4v) is 4.89. The van der Waals surface area contributed by atoms with Gasteiger partial charge in [-0.2, -0.15) is 0 Å². The van der Waals surface area contributed by atoms with Crippen LogP contribution in [0, 0.1) is 12.8 Å². The lowest BCUT2D eigenvalue weighted by molar-refractivity contribution is -0.131. The maximum absolute atomic E-state index is 13.1. The van der Waals surface area contributed by atoms with Gasteiger partial charge in [0, 0.05) is 57.4 Å². The largest absolute Gasteiger partial charge is 0.369 e. The van der Waals surface area contributed by atoms with Gasteiger partial charge in [0.2, 0.25) is 12.3 Å². The molecule has 1 atom stereocenters. The minimum atomic E-state index is -1.02. The zero-order chi connectivity index (χ0) is 24.5. The third-order valence-corrected chi connectivity index (χ3v) is 6.94. The Labute approximate surface area is 201 Å². The summed E-state index contributed by atoms with van der Waals surface area (Å²) in [6.45, 7) is 9.16. The number of amides is 3. The first kappa shape index (κ1) is 25.8. The monoisotopic (exact) mass is 471 g/mol. The lowest BCUT2D eigenvalue weighted by Crippen LogP contribution is -2.49. The number of carbonyl (C=O) groups excluding carboxylic acids is 4. The number of hydrogen-bond acceptors (Lipinski definition) is 7. The number of nitrogens with one attached hydrogen (secondary N) is 2. The lowest BCUT2D eigenvalue weighted by atomic mass is 9.97. The van der Waals surface area contributed by atoms with Crippen LogP contribution in [0.1, 0.15) is 41.6 Å². The molecule has 0 bridgehead atoms. The highest BCUT2D eigenvalue weighted by Gasteiger charge is 2.30. The Balaban J connectivity index is 1.64. The van der Waals surface area contributed by atoms with Crippen LogP contribution in [0.15, 0.2) is 18.2 Å². The first-order valence-corrected chi connectivity index (χ1v) is 12.2. The summed E-state index contributed by atoms with van der Waals surface area (Å²) in [4.78, 5) is 53.7. The van der Waals surface area contributed by atoms with Crippen LogP contribution in [0.2, 0.25) is 0 Å². The predicted octanol–water partition coefficient (Wildman–Crippen LogP) is 0.809. The molecule has 34 heavy (non-hydrogen) atoms. The molecule has 2 aliphatic rings. The third-order valence-electron chi connectivity index (χ3n) is 6.94. The number of carbonyl (C=O) groups is 4. The van der Waals surface area contributed by atoms with E-state index in [0.717, 1.165) is 61.3 Å². The fraction of sp³-hybridized carbons (Fsp3) is 0.600. The molecule has 9 nitrogen and oxygen atoms in total. The van der Waals surface area contributed by atoms with E-state index < -0.39 is 17.9 Å². The minimum absolute atomic E-state index is 0.0806. The maximum Gasteiger partial charge on any atom is 0.261 e. The summed E-state index contributed by atoms with van der Waals surface area (Å²) >= 11 is 0. The van der Waals surface area contributed by atoms with Crippen LogP contribution in [0.25, 0.3) is 0 Å². The lowest BCUT2D eigenvalue weighted by Gasteiger charge is -2.38. The molecular formula is C25H37N5O4. The number of piperidine rings is 1. The van der Waals surface area contributed by atoms with Crippen molar-refractivity contribution in [3.63, 3.8) is 0 Å². The number of rotatable bonds is 10. The van der Waals surface area contributed by atoms with Gasteiger partial charge < -0.3 is 20.3 Å². The molecule has 0 radical (unpaired) electrons. The smallest absolute Gasteiger partial charge is 0.261 e.